The van der Waals surface area contributed by atoms with E-state index >= 15 is 0 Å². The minimum atomic E-state index is 0.531. The normalized spacial score (nSPS) is 29.0. The van der Waals surface area contributed by atoms with Crippen molar-refractivity contribution in [2.45, 2.75) is 19.8 Å². The molecule has 2 aliphatic heterocycles. The maximum absolute atomic E-state index is 4.41. The van der Waals surface area contributed by atoms with Crippen LogP contribution in [0.4, 0.5) is 5.13 Å². The zero-order valence-corrected chi connectivity index (χ0v) is 12.6. The summed E-state index contributed by atoms with van der Waals surface area (Å²) in [5, 5.41) is 6.79. The van der Waals surface area contributed by atoms with E-state index in [0.717, 1.165) is 13.1 Å². The highest BCUT2D eigenvalue weighted by Gasteiger charge is 2.34. The van der Waals surface area contributed by atoms with Gasteiger partial charge in [0.1, 0.15) is 0 Å². The molecule has 2 saturated heterocycles. The molecule has 106 valence electrons. The van der Waals surface area contributed by atoms with Gasteiger partial charge in [-0.2, -0.15) is 0 Å². The van der Waals surface area contributed by atoms with Crippen LogP contribution < -0.4 is 10.2 Å². The van der Waals surface area contributed by atoms with Crippen molar-refractivity contribution in [2.24, 2.45) is 5.41 Å². The predicted octanol–water partition coefficient (Wildman–Crippen LogP) is 1.65. The summed E-state index contributed by atoms with van der Waals surface area (Å²) >= 11 is 1.75. The largest absolute Gasteiger partial charge is 0.346 e. The smallest absolute Gasteiger partial charge is 0.185 e. The summed E-state index contributed by atoms with van der Waals surface area (Å²) in [4.78, 5) is 9.49. The van der Waals surface area contributed by atoms with Crippen molar-refractivity contribution in [3.8, 4) is 0 Å². The van der Waals surface area contributed by atoms with Crippen molar-refractivity contribution in [1.82, 2.24) is 15.2 Å². The van der Waals surface area contributed by atoms with Crippen LogP contribution in [-0.2, 0) is 0 Å². The zero-order valence-electron chi connectivity index (χ0n) is 11.8. The highest BCUT2D eigenvalue weighted by molar-refractivity contribution is 7.13. The van der Waals surface area contributed by atoms with Gasteiger partial charge in [-0.15, -0.1) is 11.3 Å². The molecule has 3 heterocycles. The summed E-state index contributed by atoms with van der Waals surface area (Å²) in [7, 11) is 0. The van der Waals surface area contributed by atoms with Gasteiger partial charge in [0.15, 0.2) is 5.13 Å². The Morgan fingerprint density at radius 3 is 2.79 bits per heavy atom. The molecule has 4 nitrogen and oxygen atoms in total. The van der Waals surface area contributed by atoms with E-state index in [-0.39, 0.29) is 0 Å². The minimum absolute atomic E-state index is 0.531. The predicted molar refractivity (Wildman–Crippen MR) is 81.0 cm³/mol. The van der Waals surface area contributed by atoms with E-state index in [9.17, 15) is 0 Å². The van der Waals surface area contributed by atoms with E-state index in [4.69, 9.17) is 0 Å². The Hall–Kier alpha value is -0.650. The first-order chi connectivity index (χ1) is 9.31. The van der Waals surface area contributed by atoms with Crippen LogP contribution in [0.5, 0.6) is 0 Å². The van der Waals surface area contributed by atoms with E-state index in [1.165, 1.54) is 50.7 Å². The number of nitrogens with one attached hydrogen (secondary N) is 1. The van der Waals surface area contributed by atoms with E-state index in [1.54, 1.807) is 11.3 Å². The Morgan fingerprint density at radius 1 is 1.37 bits per heavy atom. The summed E-state index contributed by atoms with van der Waals surface area (Å²) in [6, 6.07) is 0. The fourth-order valence-electron chi connectivity index (χ4n) is 3.29. The summed E-state index contributed by atoms with van der Waals surface area (Å²) in [6.45, 7) is 10.6. The van der Waals surface area contributed by atoms with Crippen molar-refractivity contribution in [3.63, 3.8) is 0 Å². The molecule has 1 N–H and O–H groups in total. The van der Waals surface area contributed by atoms with Crippen LogP contribution >= 0.6 is 11.3 Å². The van der Waals surface area contributed by atoms with Crippen LogP contribution in [0.25, 0.3) is 0 Å². The lowest BCUT2D eigenvalue weighted by Gasteiger charge is -2.39. The number of anilines is 1. The van der Waals surface area contributed by atoms with Gasteiger partial charge < -0.3 is 10.2 Å². The number of thiazole rings is 1. The zero-order chi connectivity index (χ0) is 13.1. The number of nitrogens with zero attached hydrogens (tertiary/aromatic N) is 3. The third-order valence-corrected chi connectivity index (χ3v) is 5.54. The third kappa shape index (κ3) is 2.93. The molecular formula is C14H24N4S. The molecule has 0 radical (unpaired) electrons. The maximum Gasteiger partial charge on any atom is 0.185 e. The molecule has 0 bridgehead atoms. The van der Waals surface area contributed by atoms with Crippen molar-refractivity contribution in [3.05, 3.63) is 11.6 Å². The molecular weight excluding hydrogens is 256 g/mol. The SMILES string of the molecule is CCC1(CN2CCN(c3nccs3)CC2)CCNC1. The van der Waals surface area contributed by atoms with E-state index in [2.05, 4.69) is 32.4 Å². The van der Waals surface area contributed by atoms with Gasteiger partial charge in [-0.1, -0.05) is 6.92 Å². The molecule has 0 saturated carbocycles. The highest BCUT2D eigenvalue weighted by atomic mass is 32.1. The quantitative estimate of drug-likeness (QED) is 0.909. The first-order valence-corrected chi connectivity index (χ1v) is 8.27. The fraction of sp³-hybridized carbons (Fsp3) is 0.786. The van der Waals surface area contributed by atoms with Gasteiger partial charge in [0.25, 0.3) is 0 Å². The minimum Gasteiger partial charge on any atom is -0.346 e. The van der Waals surface area contributed by atoms with Gasteiger partial charge in [0.2, 0.25) is 0 Å². The third-order valence-electron chi connectivity index (χ3n) is 4.70. The lowest BCUT2D eigenvalue weighted by Crippen LogP contribution is -2.50. The van der Waals surface area contributed by atoms with Gasteiger partial charge in [0, 0.05) is 50.8 Å². The summed E-state index contributed by atoms with van der Waals surface area (Å²) < 4.78 is 0. The number of piperazine rings is 1. The van der Waals surface area contributed by atoms with Crippen LogP contribution in [-0.4, -0.2) is 55.7 Å². The lowest BCUT2D eigenvalue weighted by atomic mass is 9.83. The van der Waals surface area contributed by atoms with E-state index in [1.807, 2.05) is 6.20 Å². The molecule has 1 atom stereocenters. The first kappa shape index (κ1) is 13.3. The van der Waals surface area contributed by atoms with Gasteiger partial charge in [-0.3, -0.25) is 4.90 Å². The van der Waals surface area contributed by atoms with Crippen molar-refractivity contribution < 1.29 is 0 Å². The van der Waals surface area contributed by atoms with Crippen LogP contribution in [0.1, 0.15) is 19.8 Å². The van der Waals surface area contributed by atoms with Crippen LogP contribution in [0.3, 0.4) is 0 Å². The van der Waals surface area contributed by atoms with Gasteiger partial charge in [-0.25, -0.2) is 4.98 Å². The Kier molecular flexibility index (Phi) is 4.05. The Labute approximate surface area is 119 Å². The van der Waals surface area contributed by atoms with E-state index in [0.29, 0.717) is 5.41 Å². The second kappa shape index (κ2) is 5.77. The summed E-state index contributed by atoms with van der Waals surface area (Å²) in [5.74, 6) is 0. The molecule has 5 heteroatoms. The Morgan fingerprint density at radius 2 is 2.21 bits per heavy atom. The molecule has 1 aromatic heterocycles. The molecule has 0 spiro atoms. The van der Waals surface area contributed by atoms with Gasteiger partial charge in [-0.05, 0) is 24.8 Å². The molecule has 0 amide bonds. The molecule has 1 unspecified atom stereocenters. The van der Waals surface area contributed by atoms with E-state index < -0.39 is 0 Å². The molecule has 3 rings (SSSR count). The second-order valence-corrected chi connectivity index (χ2v) is 6.73. The lowest BCUT2D eigenvalue weighted by molar-refractivity contribution is 0.151. The number of hydrogen-bond acceptors (Lipinski definition) is 5. The number of aromatic nitrogens is 1. The number of rotatable bonds is 4. The summed E-state index contributed by atoms with van der Waals surface area (Å²) in [6.07, 6.45) is 4.55. The topological polar surface area (TPSA) is 31.4 Å². The summed E-state index contributed by atoms with van der Waals surface area (Å²) in [5.41, 5.74) is 0.531. The molecule has 2 aliphatic rings. The second-order valence-electron chi connectivity index (χ2n) is 5.86. The van der Waals surface area contributed by atoms with Crippen molar-refractivity contribution >= 4 is 16.5 Å². The molecule has 0 aromatic carbocycles. The maximum atomic E-state index is 4.41. The van der Waals surface area contributed by atoms with Crippen LogP contribution in [0, 0.1) is 5.41 Å². The number of hydrogen-bond donors (Lipinski definition) is 1. The Bertz CT molecular complexity index is 378. The van der Waals surface area contributed by atoms with Crippen molar-refractivity contribution in [1.29, 1.82) is 0 Å². The molecule has 2 fully saturated rings. The average molecular weight is 280 g/mol. The van der Waals surface area contributed by atoms with Crippen LogP contribution in [0.15, 0.2) is 11.6 Å². The van der Waals surface area contributed by atoms with Gasteiger partial charge >= 0.3 is 0 Å². The fourth-order valence-corrected chi connectivity index (χ4v) is 3.98. The highest BCUT2D eigenvalue weighted by Crippen LogP contribution is 2.31. The standard InChI is InChI=1S/C14H24N4S/c1-2-14(3-4-15-11-14)12-17-6-8-18(9-7-17)13-16-5-10-19-13/h5,10,15H,2-4,6-9,11-12H2,1H3. The first-order valence-electron chi connectivity index (χ1n) is 7.39. The molecule has 0 aliphatic carbocycles. The van der Waals surface area contributed by atoms with Crippen LogP contribution in [0.2, 0.25) is 0 Å². The Balaban J connectivity index is 1.53. The monoisotopic (exact) mass is 280 g/mol. The van der Waals surface area contributed by atoms with Gasteiger partial charge in [0.05, 0.1) is 0 Å². The average Bonchev–Trinajstić information content (AvgIpc) is 3.11. The molecule has 19 heavy (non-hydrogen) atoms. The molecule has 1 aromatic rings. The van der Waals surface area contributed by atoms with Crippen molar-refractivity contribution in [2.75, 3.05) is 50.7 Å².